The summed E-state index contributed by atoms with van der Waals surface area (Å²) in [7, 11) is 0. The smallest absolute Gasteiger partial charge is 0.328 e. The van der Waals surface area contributed by atoms with Crippen molar-refractivity contribution in [3.63, 3.8) is 0 Å². The van der Waals surface area contributed by atoms with Crippen LogP contribution in [0.3, 0.4) is 0 Å². The van der Waals surface area contributed by atoms with Gasteiger partial charge in [-0.05, 0) is 43.5 Å². The van der Waals surface area contributed by atoms with Crippen molar-refractivity contribution in [1.29, 1.82) is 0 Å². The van der Waals surface area contributed by atoms with E-state index in [1.807, 2.05) is 6.20 Å². The minimum atomic E-state index is -1.26. The summed E-state index contributed by atoms with van der Waals surface area (Å²) in [5, 5.41) is 19.9. The van der Waals surface area contributed by atoms with Gasteiger partial charge in [0, 0.05) is 18.7 Å². The van der Waals surface area contributed by atoms with E-state index >= 15 is 0 Å². The van der Waals surface area contributed by atoms with Gasteiger partial charge in [-0.2, -0.15) is 0 Å². The van der Waals surface area contributed by atoms with Gasteiger partial charge in [0.1, 0.15) is 11.0 Å². The molecule has 8 heteroatoms. The predicted molar refractivity (Wildman–Crippen MR) is 105 cm³/mol. The first kappa shape index (κ1) is 20.1. The number of nitrogens with one attached hydrogen (secondary N) is 1. The fourth-order valence-electron chi connectivity index (χ4n) is 4.00. The second-order valence-corrected chi connectivity index (χ2v) is 7.19. The second-order valence-electron chi connectivity index (χ2n) is 6.81. The molecule has 3 N–H and O–H groups in total. The Bertz CT molecular complexity index is 885. The van der Waals surface area contributed by atoms with Crippen molar-refractivity contribution in [3.05, 3.63) is 64.7 Å². The molecule has 1 saturated heterocycles. The van der Waals surface area contributed by atoms with Crippen molar-refractivity contribution in [1.82, 2.24) is 14.9 Å². The third kappa shape index (κ3) is 4.10. The average Bonchev–Trinajstić information content (AvgIpc) is 3.01. The molecule has 1 fully saturated rings. The maximum Gasteiger partial charge on any atom is 0.328 e. The van der Waals surface area contributed by atoms with Crippen LogP contribution in [0.2, 0.25) is 5.15 Å². The Labute approximate surface area is 167 Å². The number of aliphatic carboxylic acids is 2. The monoisotopic (exact) mass is 403 g/mol. The molecular formula is C20H22ClN3O4. The number of halogens is 1. The molecule has 0 saturated carbocycles. The van der Waals surface area contributed by atoms with Gasteiger partial charge in [0.05, 0.1) is 11.6 Å². The van der Waals surface area contributed by atoms with Gasteiger partial charge in [0.25, 0.3) is 0 Å². The molecule has 28 heavy (non-hydrogen) atoms. The summed E-state index contributed by atoms with van der Waals surface area (Å²) in [6.45, 7) is 3.01. The van der Waals surface area contributed by atoms with E-state index in [1.54, 1.807) is 0 Å². The Kier molecular flexibility index (Phi) is 6.16. The Hall–Kier alpha value is -2.64. The number of fused-ring (bicyclic) bond motifs is 4. The molecule has 1 aromatic heterocycles. The van der Waals surface area contributed by atoms with E-state index < -0.39 is 11.9 Å². The number of imidazole rings is 1. The highest BCUT2D eigenvalue weighted by Crippen LogP contribution is 2.43. The number of carbonyl (C=O) groups is 2. The zero-order valence-corrected chi connectivity index (χ0v) is 16.0. The summed E-state index contributed by atoms with van der Waals surface area (Å²) < 4.78 is 2.22. The number of benzene rings is 1. The van der Waals surface area contributed by atoms with E-state index in [-0.39, 0.29) is 5.41 Å². The maximum atomic E-state index is 9.55. The number of piperidine rings is 1. The van der Waals surface area contributed by atoms with Gasteiger partial charge in [-0.25, -0.2) is 14.6 Å². The largest absolute Gasteiger partial charge is 0.478 e. The van der Waals surface area contributed by atoms with Crippen LogP contribution < -0.4 is 5.32 Å². The van der Waals surface area contributed by atoms with E-state index in [4.69, 9.17) is 26.8 Å². The molecule has 0 bridgehead atoms. The van der Waals surface area contributed by atoms with Crippen molar-refractivity contribution in [2.24, 2.45) is 0 Å². The van der Waals surface area contributed by atoms with Gasteiger partial charge in [-0.15, -0.1) is 0 Å². The van der Waals surface area contributed by atoms with Crippen LogP contribution in [-0.4, -0.2) is 44.8 Å². The first-order valence-electron chi connectivity index (χ1n) is 9.08. The van der Waals surface area contributed by atoms with Crippen LogP contribution in [0.5, 0.6) is 0 Å². The first-order chi connectivity index (χ1) is 13.4. The van der Waals surface area contributed by atoms with Gasteiger partial charge in [0.15, 0.2) is 0 Å². The molecule has 4 rings (SSSR count). The normalized spacial score (nSPS) is 17.2. The van der Waals surface area contributed by atoms with Crippen molar-refractivity contribution < 1.29 is 19.8 Å². The zero-order valence-electron chi connectivity index (χ0n) is 15.3. The fourth-order valence-corrected chi connectivity index (χ4v) is 4.21. The van der Waals surface area contributed by atoms with Crippen LogP contribution in [0.1, 0.15) is 29.8 Å². The van der Waals surface area contributed by atoms with E-state index in [0.717, 1.165) is 49.9 Å². The van der Waals surface area contributed by atoms with Crippen molar-refractivity contribution in [2.45, 2.75) is 31.2 Å². The van der Waals surface area contributed by atoms with Gasteiger partial charge < -0.3 is 20.1 Å². The van der Waals surface area contributed by atoms with Gasteiger partial charge >= 0.3 is 11.9 Å². The Morgan fingerprint density at radius 1 is 1.14 bits per heavy atom. The van der Waals surface area contributed by atoms with Crippen molar-refractivity contribution in [2.75, 3.05) is 13.1 Å². The second kappa shape index (κ2) is 8.58. The predicted octanol–water partition coefficient (Wildman–Crippen LogP) is 2.47. The molecule has 0 atom stereocenters. The summed E-state index contributed by atoms with van der Waals surface area (Å²) >= 11 is 6.36. The molecule has 1 aromatic carbocycles. The molecular weight excluding hydrogens is 382 g/mol. The van der Waals surface area contributed by atoms with Gasteiger partial charge in [0.2, 0.25) is 0 Å². The molecule has 0 unspecified atom stereocenters. The lowest BCUT2D eigenvalue weighted by Crippen LogP contribution is -2.42. The number of nitrogens with zero attached hydrogens (tertiary/aromatic N) is 2. The van der Waals surface area contributed by atoms with Crippen LogP contribution in [0, 0.1) is 0 Å². The van der Waals surface area contributed by atoms with Crippen LogP contribution in [0.4, 0.5) is 0 Å². The minimum absolute atomic E-state index is 0.0332. The molecule has 148 valence electrons. The standard InChI is InChI=1S/C16H18ClN3.C4H4O4/c17-14-11-19-15-16(6-8-18-9-7-16)13-4-2-1-3-12(13)5-10-20(14)15;5-3(6)1-2-4(7)8/h1-4,11,18H,5-10H2;1-2H,(H,5,6)(H,7,8). The van der Waals surface area contributed by atoms with E-state index in [0.29, 0.717) is 12.2 Å². The van der Waals surface area contributed by atoms with E-state index in [2.05, 4.69) is 34.1 Å². The Morgan fingerprint density at radius 2 is 1.79 bits per heavy atom. The van der Waals surface area contributed by atoms with E-state index in [9.17, 15) is 9.59 Å². The van der Waals surface area contributed by atoms with Crippen LogP contribution in [0.15, 0.2) is 42.6 Å². The molecule has 2 aliphatic rings. The SMILES string of the molecule is Clc1cnc2n1CCc1ccccc1C21CCNCC1.O=C(O)C=CC(=O)O. The zero-order chi connectivity index (χ0) is 20.1. The molecule has 0 aliphatic carbocycles. The summed E-state index contributed by atoms with van der Waals surface area (Å²) in [5.41, 5.74) is 2.95. The van der Waals surface area contributed by atoms with Crippen molar-refractivity contribution in [3.8, 4) is 0 Å². The minimum Gasteiger partial charge on any atom is -0.478 e. The highest BCUT2D eigenvalue weighted by Gasteiger charge is 2.42. The number of aryl methyl sites for hydroxylation is 1. The maximum absolute atomic E-state index is 9.55. The molecule has 2 aromatic rings. The number of hydrogen-bond donors (Lipinski definition) is 3. The summed E-state index contributed by atoms with van der Waals surface area (Å²) in [5.74, 6) is -1.35. The lowest BCUT2D eigenvalue weighted by atomic mass is 9.71. The summed E-state index contributed by atoms with van der Waals surface area (Å²) in [6.07, 6.45) is 6.16. The van der Waals surface area contributed by atoms with Crippen molar-refractivity contribution >= 4 is 23.5 Å². The van der Waals surface area contributed by atoms with E-state index in [1.165, 1.54) is 11.1 Å². The molecule has 7 nitrogen and oxygen atoms in total. The number of aromatic nitrogens is 2. The highest BCUT2D eigenvalue weighted by atomic mass is 35.5. The number of carboxylic acids is 2. The summed E-state index contributed by atoms with van der Waals surface area (Å²) in [4.78, 5) is 23.8. The Balaban J connectivity index is 0.000000242. The number of carboxylic acid groups (broad SMARTS) is 2. The quantitative estimate of drug-likeness (QED) is 0.665. The third-order valence-electron chi connectivity index (χ3n) is 5.20. The fraction of sp³-hybridized carbons (Fsp3) is 0.350. The highest BCUT2D eigenvalue weighted by molar-refractivity contribution is 6.29. The lowest BCUT2D eigenvalue weighted by Gasteiger charge is -2.37. The molecule has 3 heterocycles. The Morgan fingerprint density at radius 3 is 2.43 bits per heavy atom. The molecule has 2 aliphatic heterocycles. The number of rotatable bonds is 2. The molecule has 0 radical (unpaired) electrons. The molecule has 1 spiro atoms. The van der Waals surface area contributed by atoms with Crippen LogP contribution in [-0.2, 0) is 28.0 Å². The lowest BCUT2D eigenvalue weighted by molar-refractivity contribution is -0.134. The van der Waals surface area contributed by atoms with Gasteiger partial charge in [-0.3, -0.25) is 0 Å². The van der Waals surface area contributed by atoms with Gasteiger partial charge in [-0.1, -0.05) is 35.9 Å². The summed E-state index contributed by atoms with van der Waals surface area (Å²) in [6, 6.07) is 8.85. The first-order valence-corrected chi connectivity index (χ1v) is 9.46. The topological polar surface area (TPSA) is 104 Å². The molecule has 0 amide bonds. The average molecular weight is 404 g/mol. The van der Waals surface area contributed by atoms with Crippen LogP contribution in [0.25, 0.3) is 0 Å². The third-order valence-corrected chi connectivity index (χ3v) is 5.50. The van der Waals surface area contributed by atoms with Crippen LogP contribution >= 0.6 is 11.6 Å². The number of hydrogen-bond acceptors (Lipinski definition) is 4.